The van der Waals surface area contributed by atoms with Crippen molar-refractivity contribution >= 4 is 5.91 Å². The van der Waals surface area contributed by atoms with Gasteiger partial charge < -0.3 is 10.6 Å². The average Bonchev–Trinajstić information content (AvgIpc) is 3.05. The smallest absolute Gasteiger partial charge is 0.236 e. The molecular weight excluding hydrogens is 214 g/mol. The zero-order valence-electron chi connectivity index (χ0n) is 11.1. The van der Waals surface area contributed by atoms with Gasteiger partial charge in [0.2, 0.25) is 5.91 Å². The van der Waals surface area contributed by atoms with E-state index in [0.29, 0.717) is 24.5 Å². The van der Waals surface area contributed by atoms with Crippen molar-refractivity contribution in [3.05, 3.63) is 0 Å². The maximum Gasteiger partial charge on any atom is 0.236 e. The molecule has 0 aliphatic heterocycles. The number of nitrogens with two attached hydrogens (primary N) is 1. The van der Waals surface area contributed by atoms with E-state index in [1.54, 1.807) is 0 Å². The normalized spacial score (nSPS) is 28.7. The second-order valence-electron chi connectivity index (χ2n) is 5.64. The molecule has 1 amide bonds. The van der Waals surface area contributed by atoms with Gasteiger partial charge in [0.25, 0.3) is 0 Å². The van der Waals surface area contributed by atoms with Crippen molar-refractivity contribution < 1.29 is 4.79 Å². The lowest BCUT2D eigenvalue weighted by atomic mass is 10.0. The quantitative estimate of drug-likeness (QED) is 0.767. The van der Waals surface area contributed by atoms with Gasteiger partial charge >= 0.3 is 0 Å². The van der Waals surface area contributed by atoms with Crippen molar-refractivity contribution in [2.24, 2.45) is 11.7 Å². The molecule has 98 valence electrons. The monoisotopic (exact) mass is 239 g/mol. The van der Waals surface area contributed by atoms with Crippen LogP contribution in [0.2, 0.25) is 0 Å². The first-order valence-electron chi connectivity index (χ1n) is 6.79. The van der Waals surface area contributed by atoms with Crippen LogP contribution in [0.4, 0.5) is 0 Å². The van der Waals surface area contributed by atoms with Gasteiger partial charge in [-0.2, -0.15) is 0 Å². The van der Waals surface area contributed by atoms with Gasteiger partial charge in [0.1, 0.15) is 0 Å². The summed E-state index contributed by atoms with van der Waals surface area (Å²) in [4.78, 5) is 16.2. The number of nitrogens with zero attached hydrogens (tertiary/aromatic N) is 2. The molecule has 4 heteroatoms. The average molecular weight is 239 g/mol. The SMILES string of the molecule is CN(CC(=O)N(C)C1CC1)C1CCCC1CN. The van der Waals surface area contributed by atoms with Crippen molar-refractivity contribution in [2.75, 3.05) is 27.2 Å². The van der Waals surface area contributed by atoms with Crippen molar-refractivity contribution in [1.29, 1.82) is 0 Å². The summed E-state index contributed by atoms with van der Waals surface area (Å²) < 4.78 is 0. The number of carbonyl (C=O) groups is 1. The topological polar surface area (TPSA) is 49.6 Å². The minimum absolute atomic E-state index is 0.262. The molecule has 2 rings (SSSR count). The number of hydrogen-bond donors (Lipinski definition) is 1. The Morgan fingerprint density at radius 1 is 1.24 bits per heavy atom. The first-order chi connectivity index (χ1) is 8.13. The Bertz CT molecular complexity index is 278. The maximum absolute atomic E-state index is 12.0. The first kappa shape index (κ1) is 12.8. The standard InChI is InChI=1S/C13H25N3O/c1-15(12-5-3-4-10(12)8-14)9-13(17)16(2)11-6-7-11/h10-12H,3-9,14H2,1-2H3. The van der Waals surface area contributed by atoms with Gasteiger partial charge in [0.05, 0.1) is 6.54 Å². The molecule has 2 atom stereocenters. The van der Waals surface area contributed by atoms with Gasteiger partial charge in [0, 0.05) is 19.1 Å². The molecular formula is C13H25N3O. The number of amides is 1. The molecule has 0 bridgehead atoms. The number of carbonyl (C=O) groups excluding carboxylic acids is 1. The van der Waals surface area contributed by atoms with Gasteiger partial charge in [-0.15, -0.1) is 0 Å². The number of rotatable bonds is 5. The molecule has 2 aliphatic carbocycles. The predicted molar refractivity (Wildman–Crippen MR) is 68.6 cm³/mol. The lowest BCUT2D eigenvalue weighted by Crippen LogP contribution is -2.44. The fourth-order valence-corrected chi connectivity index (χ4v) is 2.98. The fourth-order valence-electron chi connectivity index (χ4n) is 2.98. The van der Waals surface area contributed by atoms with E-state index < -0.39 is 0 Å². The van der Waals surface area contributed by atoms with E-state index in [4.69, 9.17) is 5.73 Å². The highest BCUT2D eigenvalue weighted by Crippen LogP contribution is 2.29. The van der Waals surface area contributed by atoms with Crippen molar-refractivity contribution in [3.63, 3.8) is 0 Å². The zero-order valence-corrected chi connectivity index (χ0v) is 11.1. The van der Waals surface area contributed by atoms with Crippen LogP contribution < -0.4 is 5.73 Å². The fraction of sp³-hybridized carbons (Fsp3) is 0.923. The van der Waals surface area contributed by atoms with E-state index in [2.05, 4.69) is 11.9 Å². The van der Waals surface area contributed by atoms with Crippen molar-refractivity contribution in [3.8, 4) is 0 Å². The summed E-state index contributed by atoms with van der Waals surface area (Å²) in [5.41, 5.74) is 5.79. The molecule has 4 nitrogen and oxygen atoms in total. The van der Waals surface area contributed by atoms with E-state index in [-0.39, 0.29) is 5.91 Å². The van der Waals surface area contributed by atoms with Crippen LogP contribution in [0, 0.1) is 5.92 Å². The molecule has 0 aromatic rings. The molecule has 0 spiro atoms. The van der Waals surface area contributed by atoms with Gasteiger partial charge in [0.15, 0.2) is 0 Å². The Kier molecular flexibility index (Phi) is 4.05. The van der Waals surface area contributed by atoms with Gasteiger partial charge in [-0.05, 0) is 45.2 Å². The summed E-state index contributed by atoms with van der Waals surface area (Å²) in [6, 6.07) is 1.03. The zero-order chi connectivity index (χ0) is 12.4. The molecule has 2 saturated carbocycles. The van der Waals surface area contributed by atoms with Crippen LogP contribution in [-0.2, 0) is 4.79 Å². The molecule has 0 aromatic heterocycles. The van der Waals surface area contributed by atoms with Gasteiger partial charge in [-0.3, -0.25) is 9.69 Å². The Morgan fingerprint density at radius 2 is 1.94 bits per heavy atom. The molecule has 0 aromatic carbocycles. The summed E-state index contributed by atoms with van der Waals surface area (Å²) in [6.07, 6.45) is 6.03. The highest BCUT2D eigenvalue weighted by Gasteiger charge is 2.33. The third kappa shape index (κ3) is 2.99. The number of hydrogen-bond acceptors (Lipinski definition) is 3. The molecule has 0 heterocycles. The maximum atomic E-state index is 12.0. The highest BCUT2D eigenvalue weighted by molar-refractivity contribution is 5.78. The molecule has 2 aliphatic rings. The Hall–Kier alpha value is -0.610. The first-order valence-corrected chi connectivity index (χ1v) is 6.79. The third-order valence-electron chi connectivity index (χ3n) is 4.36. The lowest BCUT2D eigenvalue weighted by molar-refractivity contribution is -0.131. The van der Waals surface area contributed by atoms with E-state index in [1.807, 2.05) is 11.9 Å². The third-order valence-corrected chi connectivity index (χ3v) is 4.36. The van der Waals surface area contributed by atoms with Crippen LogP contribution in [0.5, 0.6) is 0 Å². The summed E-state index contributed by atoms with van der Waals surface area (Å²) in [5, 5.41) is 0. The van der Waals surface area contributed by atoms with E-state index in [1.165, 1.54) is 32.1 Å². The summed E-state index contributed by atoms with van der Waals surface area (Å²) in [5.74, 6) is 0.844. The van der Waals surface area contributed by atoms with E-state index in [0.717, 1.165) is 6.54 Å². The molecule has 0 radical (unpaired) electrons. The van der Waals surface area contributed by atoms with Crippen molar-refractivity contribution in [2.45, 2.75) is 44.2 Å². The van der Waals surface area contributed by atoms with Crippen LogP contribution >= 0.6 is 0 Å². The largest absolute Gasteiger partial charge is 0.342 e. The summed E-state index contributed by atoms with van der Waals surface area (Å²) in [7, 11) is 4.00. The summed E-state index contributed by atoms with van der Waals surface area (Å²) in [6.45, 7) is 1.30. The van der Waals surface area contributed by atoms with Crippen LogP contribution in [0.15, 0.2) is 0 Å². The molecule has 2 fully saturated rings. The second kappa shape index (κ2) is 5.36. The van der Waals surface area contributed by atoms with E-state index >= 15 is 0 Å². The lowest BCUT2D eigenvalue weighted by Gasteiger charge is -2.30. The predicted octanol–water partition coefficient (Wildman–Crippen LogP) is 0.666. The number of likely N-dealkylation sites (N-methyl/N-ethyl adjacent to an activating group) is 2. The minimum Gasteiger partial charge on any atom is -0.342 e. The van der Waals surface area contributed by atoms with Gasteiger partial charge in [-0.1, -0.05) is 6.42 Å². The Morgan fingerprint density at radius 3 is 2.53 bits per heavy atom. The second-order valence-corrected chi connectivity index (χ2v) is 5.64. The van der Waals surface area contributed by atoms with E-state index in [9.17, 15) is 4.79 Å². The molecule has 2 unspecified atom stereocenters. The van der Waals surface area contributed by atoms with Crippen LogP contribution in [0.1, 0.15) is 32.1 Å². The molecule has 17 heavy (non-hydrogen) atoms. The Labute approximate surface area is 104 Å². The van der Waals surface area contributed by atoms with Crippen LogP contribution in [0.3, 0.4) is 0 Å². The van der Waals surface area contributed by atoms with Crippen molar-refractivity contribution in [1.82, 2.24) is 9.80 Å². The minimum atomic E-state index is 0.262. The Balaban J connectivity index is 1.83. The van der Waals surface area contributed by atoms with Gasteiger partial charge in [-0.25, -0.2) is 0 Å². The molecule has 0 saturated heterocycles. The van der Waals surface area contributed by atoms with Crippen LogP contribution in [-0.4, -0.2) is 55.0 Å². The molecule has 2 N–H and O–H groups in total. The highest BCUT2D eigenvalue weighted by atomic mass is 16.2. The van der Waals surface area contributed by atoms with Crippen LogP contribution in [0.25, 0.3) is 0 Å². The summed E-state index contributed by atoms with van der Waals surface area (Å²) >= 11 is 0.